The Balaban J connectivity index is 2.08. The van der Waals surface area contributed by atoms with Gasteiger partial charge in [-0.15, -0.1) is 10.2 Å². The lowest BCUT2D eigenvalue weighted by Crippen LogP contribution is -2.31. The summed E-state index contributed by atoms with van der Waals surface area (Å²) >= 11 is 0. The van der Waals surface area contributed by atoms with Gasteiger partial charge in [-0.25, -0.2) is 0 Å². The standard InChI is InChI=1S/C12H14N6O3/c1-7(9-4-3-5-10(6-9)18(20)21)12(19)13-8(2)11-14-16-17-15-11/h3-8H,1-2H3,(H,13,19)(H,14,15,16,17). The van der Waals surface area contributed by atoms with Crippen molar-refractivity contribution >= 4 is 11.6 Å². The van der Waals surface area contributed by atoms with Gasteiger partial charge in [0.25, 0.3) is 5.69 Å². The molecule has 1 heterocycles. The van der Waals surface area contributed by atoms with Crippen LogP contribution in [0.2, 0.25) is 0 Å². The van der Waals surface area contributed by atoms with Gasteiger partial charge in [0.05, 0.1) is 16.9 Å². The number of carbonyl (C=O) groups excluding carboxylic acids is 1. The second-order valence-corrected chi connectivity index (χ2v) is 4.57. The highest BCUT2D eigenvalue weighted by molar-refractivity contribution is 5.83. The second-order valence-electron chi connectivity index (χ2n) is 4.57. The van der Waals surface area contributed by atoms with Crippen LogP contribution in [0.3, 0.4) is 0 Å². The molecule has 9 heteroatoms. The van der Waals surface area contributed by atoms with Gasteiger partial charge in [-0.2, -0.15) is 5.21 Å². The van der Waals surface area contributed by atoms with E-state index in [0.29, 0.717) is 11.4 Å². The molecule has 0 aliphatic heterocycles. The fraction of sp³-hybridized carbons (Fsp3) is 0.333. The van der Waals surface area contributed by atoms with Crippen LogP contribution < -0.4 is 5.32 Å². The van der Waals surface area contributed by atoms with E-state index in [1.54, 1.807) is 26.0 Å². The number of tetrazole rings is 1. The summed E-state index contributed by atoms with van der Waals surface area (Å²) in [6.45, 7) is 3.40. The van der Waals surface area contributed by atoms with Gasteiger partial charge in [0, 0.05) is 12.1 Å². The number of nitrogens with zero attached hydrogens (tertiary/aromatic N) is 4. The first-order valence-electron chi connectivity index (χ1n) is 6.27. The topological polar surface area (TPSA) is 127 Å². The molecule has 0 spiro atoms. The minimum absolute atomic E-state index is 0.0432. The third-order valence-corrected chi connectivity index (χ3v) is 3.08. The molecule has 1 aromatic carbocycles. The Labute approximate surface area is 119 Å². The minimum atomic E-state index is -0.528. The van der Waals surface area contributed by atoms with E-state index in [9.17, 15) is 14.9 Å². The molecule has 21 heavy (non-hydrogen) atoms. The van der Waals surface area contributed by atoms with Gasteiger partial charge >= 0.3 is 0 Å². The molecule has 2 unspecified atom stereocenters. The van der Waals surface area contributed by atoms with Gasteiger partial charge in [-0.05, 0) is 19.4 Å². The number of H-pyrrole nitrogens is 1. The van der Waals surface area contributed by atoms with Crippen LogP contribution in [-0.4, -0.2) is 31.5 Å². The fourth-order valence-electron chi connectivity index (χ4n) is 1.81. The van der Waals surface area contributed by atoms with Gasteiger partial charge < -0.3 is 5.32 Å². The molecule has 0 fully saturated rings. The number of non-ortho nitro benzene ring substituents is 1. The van der Waals surface area contributed by atoms with Gasteiger partial charge in [0.1, 0.15) is 0 Å². The molecule has 1 aromatic heterocycles. The molecule has 0 bridgehead atoms. The lowest BCUT2D eigenvalue weighted by atomic mass is 9.99. The fourth-order valence-corrected chi connectivity index (χ4v) is 1.81. The normalized spacial score (nSPS) is 13.4. The quantitative estimate of drug-likeness (QED) is 0.626. The summed E-state index contributed by atoms with van der Waals surface area (Å²) in [5, 5.41) is 26.8. The number of aromatic nitrogens is 4. The molecule has 2 N–H and O–H groups in total. The van der Waals surface area contributed by atoms with E-state index in [1.165, 1.54) is 12.1 Å². The first kappa shape index (κ1) is 14.6. The maximum Gasteiger partial charge on any atom is 0.269 e. The highest BCUT2D eigenvalue weighted by Crippen LogP contribution is 2.21. The van der Waals surface area contributed by atoms with Gasteiger partial charge in [0.15, 0.2) is 5.82 Å². The summed E-state index contributed by atoms with van der Waals surface area (Å²) in [6, 6.07) is 5.60. The van der Waals surface area contributed by atoms with E-state index >= 15 is 0 Å². The Morgan fingerprint density at radius 3 is 2.81 bits per heavy atom. The molecule has 2 rings (SSSR count). The number of hydrogen-bond acceptors (Lipinski definition) is 6. The zero-order chi connectivity index (χ0) is 15.4. The molecule has 2 aromatic rings. The van der Waals surface area contributed by atoms with E-state index in [1.807, 2.05) is 0 Å². The van der Waals surface area contributed by atoms with Crippen molar-refractivity contribution in [2.75, 3.05) is 0 Å². The molecular formula is C12H14N6O3. The van der Waals surface area contributed by atoms with Gasteiger partial charge in [-0.3, -0.25) is 14.9 Å². The summed E-state index contributed by atoms with van der Waals surface area (Å²) < 4.78 is 0. The molecule has 9 nitrogen and oxygen atoms in total. The smallest absolute Gasteiger partial charge is 0.269 e. The maximum atomic E-state index is 12.2. The monoisotopic (exact) mass is 290 g/mol. The number of carbonyl (C=O) groups is 1. The van der Waals surface area contributed by atoms with Crippen LogP contribution in [0, 0.1) is 10.1 Å². The average Bonchev–Trinajstić information content (AvgIpc) is 3.00. The number of nitrogens with one attached hydrogen (secondary N) is 2. The van der Waals surface area contributed by atoms with Crippen LogP contribution in [0.15, 0.2) is 24.3 Å². The lowest BCUT2D eigenvalue weighted by molar-refractivity contribution is -0.384. The molecule has 0 saturated heterocycles. The predicted molar refractivity (Wildman–Crippen MR) is 72.2 cm³/mol. The highest BCUT2D eigenvalue weighted by Gasteiger charge is 2.21. The van der Waals surface area contributed by atoms with E-state index in [-0.39, 0.29) is 11.6 Å². The van der Waals surface area contributed by atoms with E-state index in [0.717, 1.165) is 0 Å². The maximum absolute atomic E-state index is 12.2. The third-order valence-electron chi connectivity index (χ3n) is 3.08. The van der Waals surface area contributed by atoms with E-state index in [2.05, 4.69) is 25.9 Å². The van der Waals surface area contributed by atoms with Crippen LogP contribution in [-0.2, 0) is 4.79 Å². The van der Waals surface area contributed by atoms with Crippen molar-refractivity contribution in [2.45, 2.75) is 25.8 Å². The molecule has 0 aliphatic carbocycles. The Hall–Kier alpha value is -2.84. The number of amides is 1. The summed E-state index contributed by atoms with van der Waals surface area (Å²) in [7, 11) is 0. The van der Waals surface area contributed by atoms with Crippen molar-refractivity contribution in [3.63, 3.8) is 0 Å². The van der Waals surface area contributed by atoms with Gasteiger partial charge in [0.2, 0.25) is 5.91 Å². The van der Waals surface area contributed by atoms with Crippen molar-refractivity contribution < 1.29 is 9.72 Å². The summed E-state index contributed by atoms with van der Waals surface area (Å²) in [5.41, 5.74) is 0.528. The Morgan fingerprint density at radius 2 is 2.19 bits per heavy atom. The number of aromatic amines is 1. The number of rotatable bonds is 5. The van der Waals surface area contributed by atoms with Crippen LogP contribution in [0.5, 0.6) is 0 Å². The van der Waals surface area contributed by atoms with Gasteiger partial charge in [-0.1, -0.05) is 17.3 Å². The molecule has 1 amide bonds. The molecule has 0 aliphatic rings. The molecule has 0 radical (unpaired) electrons. The van der Waals surface area contributed by atoms with Crippen molar-refractivity contribution in [3.8, 4) is 0 Å². The largest absolute Gasteiger partial charge is 0.346 e. The first-order valence-corrected chi connectivity index (χ1v) is 6.27. The number of benzene rings is 1. The zero-order valence-corrected chi connectivity index (χ0v) is 11.5. The van der Waals surface area contributed by atoms with Crippen LogP contribution in [0.25, 0.3) is 0 Å². The lowest BCUT2D eigenvalue weighted by Gasteiger charge is -2.15. The predicted octanol–water partition coefficient (Wildman–Crippen LogP) is 1.09. The minimum Gasteiger partial charge on any atom is -0.346 e. The van der Waals surface area contributed by atoms with Crippen molar-refractivity contribution in [3.05, 3.63) is 45.8 Å². The summed E-state index contributed by atoms with van der Waals surface area (Å²) in [4.78, 5) is 22.4. The third kappa shape index (κ3) is 3.38. The van der Waals surface area contributed by atoms with Crippen molar-refractivity contribution in [1.29, 1.82) is 0 Å². The van der Waals surface area contributed by atoms with Crippen LogP contribution >= 0.6 is 0 Å². The zero-order valence-electron chi connectivity index (χ0n) is 11.5. The second kappa shape index (κ2) is 6.07. The molecule has 0 saturated carbocycles. The Bertz CT molecular complexity index is 642. The number of nitro benzene ring substituents is 1. The number of nitro groups is 1. The average molecular weight is 290 g/mol. The summed E-state index contributed by atoms with van der Waals surface area (Å²) in [5.74, 6) is -0.429. The van der Waals surface area contributed by atoms with Crippen LogP contribution in [0.4, 0.5) is 5.69 Å². The van der Waals surface area contributed by atoms with E-state index in [4.69, 9.17) is 0 Å². The highest BCUT2D eigenvalue weighted by atomic mass is 16.6. The SMILES string of the molecule is CC(NC(=O)C(C)c1cccc([N+](=O)[O-])c1)c1nn[nH]n1. The van der Waals surface area contributed by atoms with Crippen LogP contribution in [0.1, 0.15) is 37.2 Å². The van der Waals surface area contributed by atoms with E-state index < -0.39 is 16.9 Å². The first-order chi connectivity index (χ1) is 9.99. The summed E-state index contributed by atoms with van der Waals surface area (Å²) in [6.07, 6.45) is 0. The molecule has 110 valence electrons. The molecular weight excluding hydrogens is 276 g/mol. The molecule has 2 atom stereocenters. The van der Waals surface area contributed by atoms with Crippen molar-refractivity contribution in [1.82, 2.24) is 25.9 Å². The number of hydrogen-bond donors (Lipinski definition) is 2. The Kier molecular flexibility index (Phi) is 4.21. The van der Waals surface area contributed by atoms with Crippen molar-refractivity contribution in [2.24, 2.45) is 0 Å². The Morgan fingerprint density at radius 1 is 1.43 bits per heavy atom.